The molecule has 1 aliphatic carbocycles. The van der Waals surface area contributed by atoms with Gasteiger partial charge in [-0.15, -0.1) is 0 Å². The van der Waals surface area contributed by atoms with Crippen LogP contribution in [0.25, 0.3) is 16.5 Å². The van der Waals surface area contributed by atoms with E-state index in [1.807, 2.05) is 37.3 Å². The number of sulfonamides is 1. The van der Waals surface area contributed by atoms with E-state index < -0.39 is 10.0 Å². The highest BCUT2D eigenvalue weighted by Gasteiger charge is 2.15. The summed E-state index contributed by atoms with van der Waals surface area (Å²) in [5, 5.41) is 6.88. The topological polar surface area (TPSA) is 113 Å². The fourth-order valence-corrected chi connectivity index (χ4v) is 5.04. The molecule has 1 heterocycles. The first-order valence-electron chi connectivity index (χ1n) is 11.7. The highest BCUT2D eigenvalue weighted by atomic mass is 32.2. The molecule has 0 aliphatic heterocycles. The number of fused-ring (bicyclic) bond motifs is 1. The Labute approximate surface area is 205 Å². The van der Waals surface area contributed by atoms with Crippen LogP contribution in [0.4, 0.5) is 11.6 Å². The molecule has 1 amide bonds. The number of unbranched alkanes of at least 4 members (excludes halogenated alkanes) is 1. The van der Waals surface area contributed by atoms with Crippen molar-refractivity contribution in [1.29, 1.82) is 0 Å². The summed E-state index contributed by atoms with van der Waals surface area (Å²) in [7, 11) is -3.59. The van der Waals surface area contributed by atoms with E-state index in [1.54, 1.807) is 30.5 Å². The van der Waals surface area contributed by atoms with Crippen molar-refractivity contribution in [3.05, 3.63) is 72.1 Å². The molecule has 8 nitrogen and oxygen atoms in total. The number of nitrogens with one attached hydrogen (secondary N) is 3. The molecule has 1 aliphatic rings. The smallest absolute Gasteiger partial charge is 0.240 e. The predicted molar refractivity (Wildman–Crippen MR) is 138 cm³/mol. The van der Waals surface area contributed by atoms with E-state index in [0.717, 1.165) is 53.4 Å². The number of para-hydroxylation sites is 1. The van der Waals surface area contributed by atoms with Crippen molar-refractivity contribution in [2.45, 2.75) is 44.4 Å². The van der Waals surface area contributed by atoms with Crippen LogP contribution in [-0.2, 0) is 14.8 Å². The lowest BCUT2D eigenvalue weighted by molar-refractivity contribution is -0.118. The Morgan fingerprint density at radius 1 is 1.14 bits per heavy atom. The van der Waals surface area contributed by atoms with Crippen LogP contribution in [0.1, 0.15) is 45.1 Å². The lowest BCUT2D eigenvalue weighted by atomic mass is 9.94. The van der Waals surface area contributed by atoms with Crippen molar-refractivity contribution < 1.29 is 13.2 Å². The van der Waals surface area contributed by atoms with E-state index in [2.05, 4.69) is 20.3 Å². The van der Waals surface area contributed by atoms with Crippen LogP contribution < -0.4 is 15.4 Å². The van der Waals surface area contributed by atoms with Gasteiger partial charge in [0.25, 0.3) is 0 Å². The highest BCUT2D eigenvalue weighted by molar-refractivity contribution is 7.89. The Bertz CT molecular complexity index is 1410. The summed E-state index contributed by atoms with van der Waals surface area (Å²) >= 11 is 0. The average Bonchev–Trinajstić information content (AvgIpc) is 2.84. The third-order valence-electron chi connectivity index (χ3n) is 5.61. The number of hydrogen-bond acceptors (Lipinski definition) is 6. The monoisotopic (exact) mass is 491 g/mol. The predicted octanol–water partition coefficient (Wildman–Crippen LogP) is 4.65. The van der Waals surface area contributed by atoms with Gasteiger partial charge in [0.05, 0.1) is 10.4 Å². The van der Waals surface area contributed by atoms with Crippen LogP contribution in [0.5, 0.6) is 0 Å². The molecule has 182 valence electrons. The molecule has 35 heavy (non-hydrogen) atoms. The molecule has 0 radical (unpaired) electrons. The quantitative estimate of drug-likeness (QED) is 0.376. The van der Waals surface area contributed by atoms with Gasteiger partial charge in [-0.3, -0.25) is 4.79 Å². The molecule has 0 unspecified atom stereocenters. The Balaban J connectivity index is 1.62. The molecule has 0 fully saturated rings. The van der Waals surface area contributed by atoms with Gasteiger partial charge >= 0.3 is 0 Å². The highest BCUT2D eigenvalue weighted by Crippen LogP contribution is 2.31. The Morgan fingerprint density at radius 3 is 2.77 bits per heavy atom. The summed E-state index contributed by atoms with van der Waals surface area (Å²) in [6.07, 6.45) is 9.08. The van der Waals surface area contributed by atoms with E-state index in [1.165, 1.54) is 6.92 Å². The van der Waals surface area contributed by atoms with Gasteiger partial charge in [-0.1, -0.05) is 43.7 Å². The first-order chi connectivity index (χ1) is 16.9. The molecule has 0 atom stereocenters. The standard InChI is InChI=1S/C26H29N5O3S/c1-3-4-14-28-35(33,34)23-12-7-11-22(16-23)30-26-27-17-20-9-6-13-24(25(20)31-26)19-8-5-10-21(15-19)29-18(2)32/h6-7,9-13,15-17,28H,3-5,8,14H2,1-2H3,(H,29,32)(H,27,30,31). The van der Waals surface area contributed by atoms with Crippen molar-refractivity contribution >= 4 is 44.0 Å². The van der Waals surface area contributed by atoms with E-state index in [0.29, 0.717) is 18.2 Å². The van der Waals surface area contributed by atoms with E-state index >= 15 is 0 Å². The number of carbonyl (C=O) groups excluding carboxylic acids is 1. The van der Waals surface area contributed by atoms with E-state index in [-0.39, 0.29) is 10.8 Å². The van der Waals surface area contributed by atoms with Gasteiger partial charge in [0.1, 0.15) is 0 Å². The van der Waals surface area contributed by atoms with Crippen molar-refractivity contribution in [3.8, 4) is 0 Å². The van der Waals surface area contributed by atoms with Crippen molar-refractivity contribution in [2.75, 3.05) is 11.9 Å². The van der Waals surface area contributed by atoms with Gasteiger partial charge in [-0.25, -0.2) is 23.1 Å². The third-order valence-corrected chi connectivity index (χ3v) is 7.07. The molecular weight excluding hydrogens is 462 g/mol. The van der Waals surface area contributed by atoms with Crippen LogP contribution >= 0.6 is 0 Å². The summed E-state index contributed by atoms with van der Waals surface area (Å²) in [6, 6.07) is 12.5. The summed E-state index contributed by atoms with van der Waals surface area (Å²) in [5.74, 6) is 0.262. The Hall–Kier alpha value is -3.56. The molecular formula is C26H29N5O3S. The summed E-state index contributed by atoms with van der Waals surface area (Å²) in [5.41, 5.74) is 4.20. The lowest BCUT2D eigenvalue weighted by Gasteiger charge is -2.16. The SMILES string of the molecule is CCCCNS(=O)(=O)c1cccc(Nc2ncc3cccc(C4=CC(NC(C)=O)=CCC4)c3n2)c1. The number of aromatic nitrogens is 2. The first-order valence-corrected chi connectivity index (χ1v) is 13.2. The number of amides is 1. The Kier molecular flexibility index (Phi) is 7.57. The van der Waals surface area contributed by atoms with Crippen LogP contribution in [0, 0.1) is 0 Å². The molecule has 0 saturated heterocycles. The summed E-state index contributed by atoms with van der Waals surface area (Å²) in [4.78, 5) is 20.8. The number of benzene rings is 2. The number of allylic oxidation sites excluding steroid dienone is 3. The van der Waals surface area contributed by atoms with Crippen molar-refractivity contribution in [1.82, 2.24) is 20.0 Å². The average molecular weight is 492 g/mol. The second-order valence-corrected chi connectivity index (χ2v) is 10.2. The van der Waals surface area contributed by atoms with Gasteiger partial charge < -0.3 is 10.6 Å². The fraction of sp³-hybridized carbons (Fsp3) is 0.269. The summed E-state index contributed by atoms with van der Waals surface area (Å²) < 4.78 is 27.8. The molecule has 3 N–H and O–H groups in total. The molecule has 3 aromatic rings. The van der Waals surface area contributed by atoms with Crippen LogP contribution in [0.15, 0.2) is 71.4 Å². The second-order valence-electron chi connectivity index (χ2n) is 8.39. The van der Waals surface area contributed by atoms with Gasteiger partial charge in [0, 0.05) is 42.0 Å². The van der Waals surface area contributed by atoms with Gasteiger partial charge in [-0.2, -0.15) is 0 Å². The minimum Gasteiger partial charge on any atom is -0.327 e. The molecule has 4 rings (SSSR count). The maximum absolute atomic E-state index is 12.6. The molecule has 0 bridgehead atoms. The number of nitrogens with zero attached hydrogens (tertiary/aromatic N) is 2. The number of rotatable bonds is 9. The number of hydrogen-bond donors (Lipinski definition) is 3. The fourth-order valence-electron chi connectivity index (χ4n) is 3.92. The first kappa shape index (κ1) is 24.6. The van der Waals surface area contributed by atoms with Crippen LogP contribution in [0.3, 0.4) is 0 Å². The Morgan fingerprint density at radius 2 is 1.97 bits per heavy atom. The molecule has 0 saturated carbocycles. The summed E-state index contributed by atoms with van der Waals surface area (Å²) in [6.45, 7) is 3.91. The number of anilines is 2. The van der Waals surface area contributed by atoms with Crippen LogP contribution in [0.2, 0.25) is 0 Å². The molecule has 1 aromatic heterocycles. The molecule has 9 heteroatoms. The normalized spacial score (nSPS) is 13.8. The zero-order valence-corrected chi connectivity index (χ0v) is 20.7. The van der Waals surface area contributed by atoms with Crippen LogP contribution in [-0.4, -0.2) is 30.8 Å². The van der Waals surface area contributed by atoms with Crippen molar-refractivity contribution in [3.63, 3.8) is 0 Å². The largest absolute Gasteiger partial charge is 0.327 e. The van der Waals surface area contributed by atoms with Gasteiger partial charge in [0.2, 0.25) is 21.9 Å². The maximum atomic E-state index is 12.6. The third kappa shape index (κ3) is 6.12. The zero-order valence-electron chi connectivity index (χ0n) is 19.8. The molecule has 0 spiro atoms. The minimum absolute atomic E-state index is 0.106. The minimum atomic E-state index is -3.59. The second kappa shape index (κ2) is 10.8. The van der Waals surface area contributed by atoms with Crippen molar-refractivity contribution in [2.24, 2.45) is 0 Å². The van der Waals surface area contributed by atoms with Gasteiger partial charge in [0.15, 0.2) is 0 Å². The van der Waals surface area contributed by atoms with E-state index in [9.17, 15) is 13.2 Å². The lowest BCUT2D eigenvalue weighted by Crippen LogP contribution is -2.24. The zero-order chi connectivity index (χ0) is 24.8. The van der Waals surface area contributed by atoms with E-state index in [4.69, 9.17) is 4.98 Å². The maximum Gasteiger partial charge on any atom is 0.240 e. The number of carbonyl (C=O) groups is 1. The molecule has 2 aromatic carbocycles. The van der Waals surface area contributed by atoms with Gasteiger partial charge in [-0.05, 0) is 49.1 Å².